The maximum Gasteiger partial charge on any atom is 0.135 e. The molecule has 0 radical (unpaired) electrons. The molecule has 1 N–H and O–H groups in total. The molecule has 0 atom stereocenters. The summed E-state index contributed by atoms with van der Waals surface area (Å²) in [4.78, 5) is 0. The monoisotopic (exact) mass is 224 g/mol. The second-order valence-electron chi connectivity index (χ2n) is 2.90. The quantitative estimate of drug-likeness (QED) is 0.754. The number of hydrogen-bond donors (Lipinski definition) is 1. The molecule has 0 unspecified atom stereocenters. The molecular weight excluding hydrogens is 218 g/mol. The molecular formula is C10H6F2N2S. The van der Waals surface area contributed by atoms with E-state index < -0.39 is 11.6 Å². The van der Waals surface area contributed by atoms with E-state index in [4.69, 9.17) is 12.2 Å². The van der Waals surface area contributed by atoms with Gasteiger partial charge < -0.3 is 0 Å². The third kappa shape index (κ3) is 1.92. The molecule has 0 aliphatic rings. The lowest BCUT2D eigenvalue weighted by Crippen LogP contribution is -1.93. The van der Waals surface area contributed by atoms with Crippen molar-refractivity contribution in [3.8, 4) is 11.3 Å². The topological polar surface area (TPSA) is 28.7 Å². The van der Waals surface area contributed by atoms with Crippen LogP contribution in [0.3, 0.4) is 0 Å². The lowest BCUT2D eigenvalue weighted by Gasteiger charge is -2.02. The smallest absolute Gasteiger partial charge is 0.135 e. The Morgan fingerprint density at radius 1 is 1.07 bits per heavy atom. The summed E-state index contributed by atoms with van der Waals surface area (Å²) in [6, 6.07) is 6.67. The van der Waals surface area contributed by atoms with E-state index in [1.807, 2.05) is 0 Å². The first-order valence-corrected chi connectivity index (χ1v) is 4.59. The summed E-state index contributed by atoms with van der Waals surface area (Å²) >= 11 is 4.78. The number of aromatic nitrogens is 2. The average Bonchev–Trinajstić information content (AvgIpc) is 2.20. The van der Waals surface area contributed by atoms with E-state index in [2.05, 4.69) is 10.2 Å². The Bertz CT molecular complexity index is 511. The van der Waals surface area contributed by atoms with Crippen LogP contribution >= 0.6 is 12.2 Å². The van der Waals surface area contributed by atoms with Crippen LogP contribution in [0.5, 0.6) is 0 Å². The summed E-state index contributed by atoms with van der Waals surface area (Å²) in [7, 11) is 0. The van der Waals surface area contributed by atoms with Crippen LogP contribution in [0.15, 0.2) is 30.3 Å². The third-order valence-corrected chi connectivity index (χ3v) is 2.13. The van der Waals surface area contributed by atoms with Crippen LogP contribution in [0.4, 0.5) is 8.78 Å². The van der Waals surface area contributed by atoms with Crippen molar-refractivity contribution < 1.29 is 8.78 Å². The molecule has 5 heteroatoms. The molecule has 0 aliphatic carbocycles. The minimum atomic E-state index is -0.645. The van der Waals surface area contributed by atoms with Crippen LogP contribution in [-0.2, 0) is 0 Å². The number of aromatic amines is 1. The summed E-state index contributed by atoms with van der Waals surface area (Å²) in [6.07, 6.45) is 0. The highest BCUT2D eigenvalue weighted by molar-refractivity contribution is 7.71. The Labute approximate surface area is 89.6 Å². The van der Waals surface area contributed by atoms with Crippen molar-refractivity contribution in [3.63, 3.8) is 0 Å². The maximum atomic E-state index is 13.3. The first-order chi connectivity index (χ1) is 7.18. The molecule has 2 rings (SSSR count). The fourth-order valence-corrected chi connectivity index (χ4v) is 1.34. The average molecular weight is 224 g/mol. The Kier molecular flexibility index (Phi) is 2.55. The molecule has 2 nitrogen and oxygen atoms in total. The van der Waals surface area contributed by atoms with Crippen molar-refractivity contribution in [2.45, 2.75) is 0 Å². The minimum absolute atomic E-state index is 0.149. The highest BCUT2D eigenvalue weighted by atomic mass is 32.1. The Balaban J connectivity index is 2.63. The number of nitrogens with zero attached hydrogens (tertiary/aromatic N) is 1. The van der Waals surface area contributed by atoms with Crippen molar-refractivity contribution in [2.75, 3.05) is 0 Å². The highest BCUT2D eigenvalue weighted by Crippen LogP contribution is 2.22. The van der Waals surface area contributed by atoms with Gasteiger partial charge in [0.15, 0.2) is 0 Å². The number of hydrogen-bond acceptors (Lipinski definition) is 2. The molecule has 1 heterocycles. The third-order valence-electron chi connectivity index (χ3n) is 1.90. The van der Waals surface area contributed by atoms with Gasteiger partial charge in [-0.3, -0.25) is 5.10 Å². The van der Waals surface area contributed by atoms with Gasteiger partial charge in [0.25, 0.3) is 0 Å². The molecule has 0 amide bonds. The lowest BCUT2D eigenvalue weighted by atomic mass is 10.1. The first-order valence-electron chi connectivity index (χ1n) is 4.18. The maximum absolute atomic E-state index is 13.3. The minimum Gasteiger partial charge on any atom is -0.267 e. The summed E-state index contributed by atoms with van der Waals surface area (Å²) in [5.41, 5.74) is 0.0444. The number of rotatable bonds is 1. The van der Waals surface area contributed by atoms with Crippen molar-refractivity contribution in [3.05, 3.63) is 46.6 Å². The predicted molar refractivity (Wildman–Crippen MR) is 54.8 cm³/mol. The van der Waals surface area contributed by atoms with Gasteiger partial charge in [-0.05, 0) is 24.3 Å². The van der Waals surface area contributed by atoms with Crippen molar-refractivity contribution in [1.29, 1.82) is 0 Å². The highest BCUT2D eigenvalue weighted by Gasteiger charge is 2.11. The number of benzene rings is 1. The number of nitrogens with one attached hydrogen (secondary N) is 1. The van der Waals surface area contributed by atoms with Gasteiger partial charge in [-0.25, -0.2) is 8.78 Å². The second kappa shape index (κ2) is 3.86. The molecule has 0 saturated heterocycles. The molecule has 0 saturated carbocycles. The predicted octanol–water partition coefficient (Wildman–Crippen LogP) is 3.08. The van der Waals surface area contributed by atoms with Crippen LogP contribution in [0.25, 0.3) is 11.3 Å². The molecule has 2 aromatic rings. The van der Waals surface area contributed by atoms with E-state index in [-0.39, 0.29) is 11.3 Å². The zero-order valence-electron chi connectivity index (χ0n) is 7.50. The van der Waals surface area contributed by atoms with Gasteiger partial charge in [0.2, 0.25) is 0 Å². The van der Waals surface area contributed by atoms with Gasteiger partial charge in [-0.1, -0.05) is 18.3 Å². The van der Waals surface area contributed by atoms with E-state index in [0.29, 0.717) is 4.64 Å². The van der Waals surface area contributed by atoms with Crippen LogP contribution in [-0.4, -0.2) is 10.2 Å². The molecule has 15 heavy (non-hydrogen) atoms. The van der Waals surface area contributed by atoms with Crippen molar-refractivity contribution in [1.82, 2.24) is 10.2 Å². The zero-order chi connectivity index (χ0) is 10.8. The molecule has 0 aliphatic heterocycles. The summed E-state index contributed by atoms with van der Waals surface area (Å²) in [6.45, 7) is 0. The van der Waals surface area contributed by atoms with Crippen molar-refractivity contribution >= 4 is 12.2 Å². The van der Waals surface area contributed by atoms with Gasteiger partial charge in [0, 0.05) is 0 Å². The summed E-state index contributed by atoms with van der Waals surface area (Å²) in [5.74, 6) is -1.29. The van der Waals surface area contributed by atoms with Gasteiger partial charge >= 0.3 is 0 Å². The SMILES string of the molecule is Fc1cccc(F)c1-c1ccc(=S)[nH]n1. The molecule has 1 aromatic carbocycles. The van der Waals surface area contributed by atoms with Crippen LogP contribution in [0.1, 0.15) is 0 Å². The fraction of sp³-hybridized carbons (Fsp3) is 0. The fourth-order valence-electron chi connectivity index (χ4n) is 1.23. The van der Waals surface area contributed by atoms with E-state index >= 15 is 0 Å². The van der Waals surface area contributed by atoms with E-state index in [9.17, 15) is 8.78 Å². The van der Waals surface area contributed by atoms with Crippen molar-refractivity contribution in [2.24, 2.45) is 0 Å². The van der Waals surface area contributed by atoms with Gasteiger partial charge in [0.1, 0.15) is 16.3 Å². The Morgan fingerprint density at radius 3 is 2.27 bits per heavy atom. The lowest BCUT2D eigenvalue weighted by molar-refractivity contribution is 0.588. The van der Waals surface area contributed by atoms with E-state index in [1.54, 1.807) is 0 Å². The molecule has 0 fully saturated rings. The normalized spacial score (nSPS) is 10.3. The van der Waals surface area contributed by atoms with Gasteiger partial charge in [-0.15, -0.1) is 0 Å². The largest absolute Gasteiger partial charge is 0.267 e. The van der Waals surface area contributed by atoms with E-state index in [1.165, 1.54) is 30.3 Å². The molecule has 0 spiro atoms. The Hall–Kier alpha value is -1.62. The van der Waals surface area contributed by atoms with Crippen LogP contribution < -0.4 is 0 Å². The first kappa shape index (κ1) is 9.92. The van der Waals surface area contributed by atoms with Gasteiger partial charge in [0.05, 0.1) is 11.3 Å². The standard InChI is InChI=1S/C10H6F2N2S/c11-6-2-1-3-7(12)10(6)8-4-5-9(15)14-13-8/h1-5H,(H,14,15). The molecule has 76 valence electrons. The molecule has 0 bridgehead atoms. The molecule has 1 aromatic heterocycles. The number of halogens is 2. The van der Waals surface area contributed by atoms with Crippen LogP contribution in [0, 0.1) is 16.3 Å². The second-order valence-corrected chi connectivity index (χ2v) is 3.34. The number of H-pyrrole nitrogens is 1. The van der Waals surface area contributed by atoms with E-state index in [0.717, 1.165) is 0 Å². The summed E-state index contributed by atoms with van der Waals surface area (Å²) in [5, 5.41) is 6.25. The summed E-state index contributed by atoms with van der Waals surface area (Å²) < 4.78 is 27.0. The van der Waals surface area contributed by atoms with Crippen LogP contribution in [0.2, 0.25) is 0 Å². The van der Waals surface area contributed by atoms with Gasteiger partial charge in [-0.2, -0.15) is 5.10 Å². The zero-order valence-corrected chi connectivity index (χ0v) is 8.31. The Morgan fingerprint density at radius 2 is 1.73 bits per heavy atom.